The minimum Gasteiger partial charge on any atom is -0.310 e. The van der Waals surface area contributed by atoms with Gasteiger partial charge in [0.2, 0.25) is 5.91 Å². The SMILES string of the molecule is CCC(=O)N1C2=C(CC(C)C=C2)C(N(C(=O)c2ccccc2F)c2ccccc2)CC1C. The minimum absolute atomic E-state index is 0.0534. The molecule has 1 aliphatic carbocycles. The van der Waals surface area contributed by atoms with Crippen molar-refractivity contribution in [3.05, 3.63) is 89.4 Å². The number of benzene rings is 2. The molecule has 0 saturated heterocycles. The van der Waals surface area contributed by atoms with Crippen LogP contribution in [0, 0.1) is 11.7 Å². The fraction of sp³-hybridized carbons (Fsp3) is 0.333. The van der Waals surface area contributed by atoms with E-state index in [-0.39, 0.29) is 29.5 Å². The lowest BCUT2D eigenvalue weighted by atomic mass is 9.81. The van der Waals surface area contributed by atoms with E-state index in [2.05, 4.69) is 13.0 Å². The van der Waals surface area contributed by atoms with Gasteiger partial charge in [-0.15, -0.1) is 0 Å². The monoisotopic (exact) mass is 432 g/mol. The average Bonchev–Trinajstić information content (AvgIpc) is 2.80. The predicted molar refractivity (Wildman–Crippen MR) is 125 cm³/mol. The Hall–Kier alpha value is -3.21. The van der Waals surface area contributed by atoms with Crippen molar-refractivity contribution in [3.8, 4) is 0 Å². The van der Waals surface area contributed by atoms with E-state index in [0.29, 0.717) is 18.8 Å². The Balaban J connectivity index is 1.87. The summed E-state index contributed by atoms with van der Waals surface area (Å²) in [7, 11) is 0. The number of para-hydroxylation sites is 1. The molecule has 0 N–H and O–H groups in total. The number of allylic oxidation sites excluding steroid dienone is 2. The summed E-state index contributed by atoms with van der Waals surface area (Å²) in [4.78, 5) is 30.2. The second-order valence-corrected chi connectivity index (χ2v) is 8.66. The van der Waals surface area contributed by atoms with Crippen molar-refractivity contribution >= 4 is 17.5 Å². The van der Waals surface area contributed by atoms with Gasteiger partial charge in [0.05, 0.1) is 11.6 Å². The van der Waals surface area contributed by atoms with Gasteiger partial charge in [-0.3, -0.25) is 9.59 Å². The fourth-order valence-corrected chi connectivity index (χ4v) is 4.84. The summed E-state index contributed by atoms with van der Waals surface area (Å²) in [6.45, 7) is 6.02. The maximum absolute atomic E-state index is 14.6. The summed E-state index contributed by atoms with van der Waals surface area (Å²) in [6.07, 6.45) is 5.92. The topological polar surface area (TPSA) is 40.6 Å². The molecule has 4 nitrogen and oxygen atoms in total. The third kappa shape index (κ3) is 3.99. The first-order valence-electron chi connectivity index (χ1n) is 11.3. The van der Waals surface area contributed by atoms with E-state index in [0.717, 1.165) is 23.4 Å². The van der Waals surface area contributed by atoms with Gasteiger partial charge < -0.3 is 9.80 Å². The molecule has 2 aromatic rings. The van der Waals surface area contributed by atoms with Crippen molar-refractivity contribution in [3.63, 3.8) is 0 Å². The molecule has 0 spiro atoms. The third-order valence-corrected chi connectivity index (χ3v) is 6.36. The van der Waals surface area contributed by atoms with Crippen LogP contribution in [-0.2, 0) is 4.79 Å². The molecule has 4 rings (SSSR count). The van der Waals surface area contributed by atoms with E-state index in [9.17, 15) is 14.0 Å². The Morgan fingerprint density at radius 1 is 1.06 bits per heavy atom. The fourth-order valence-electron chi connectivity index (χ4n) is 4.84. The molecule has 3 atom stereocenters. The van der Waals surface area contributed by atoms with Crippen LogP contribution < -0.4 is 4.90 Å². The van der Waals surface area contributed by atoms with E-state index in [1.165, 1.54) is 12.1 Å². The zero-order valence-corrected chi connectivity index (χ0v) is 18.8. The van der Waals surface area contributed by atoms with Crippen LogP contribution in [-0.4, -0.2) is 28.8 Å². The molecule has 0 bridgehead atoms. The number of hydrogen-bond acceptors (Lipinski definition) is 2. The Kier molecular flexibility index (Phi) is 6.26. The third-order valence-electron chi connectivity index (χ3n) is 6.36. The van der Waals surface area contributed by atoms with Crippen LogP contribution in [0.25, 0.3) is 0 Å². The highest BCUT2D eigenvalue weighted by Gasteiger charge is 2.41. The van der Waals surface area contributed by atoms with Crippen molar-refractivity contribution < 1.29 is 14.0 Å². The van der Waals surface area contributed by atoms with E-state index in [4.69, 9.17) is 0 Å². The lowest BCUT2D eigenvalue weighted by Crippen LogP contribution is -2.52. The number of halogens is 1. The number of anilines is 1. The summed E-state index contributed by atoms with van der Waals surface area (Å²) in [5, 5.41) is 0. The van der Waals surface area contributed by atoms with Crippen molar-refractivity contribution in [2.45, 2.75) is 52.1 Å². The first-order valence-corrected chi connectivity index (χ1v) is 11.3. The Labute approximate surface area is 189 Å². The molecule has 5 heteroatoms. The molecule has 0 aromatic heterocycles. The lowest BCUT2D eigenvalue weighted by Gasteiger charge is -2.46. The lowest BCUT2D eigenvalue weighted by molar-refractivity contribution is -0.131. The highest BCUT2D eigenvalue weighted by molar-refractivity contribution is 6.07. The van der Waals surface area contributed by atoms with Crippen molar-refractivity contribution in [2.75, 3.05) is 4.90 Å². The molecule has 0 saturated carbocycles. The molecular formula is C27H29FN2O2. The molecule has 166 valence electrons. The first-order chi connectivity index (χ1) is 15.4. The molecule has 2 aliphatic rings. The highest BCUT2D eigenvalue weighted by Crippen LogP contribution is 2.40. The smallest absolute Gasteiger partial charge is 0.261 e. The Bertz CT molecular complexity index is 1080. The summed E-state index contributed by atoms with van der Waals surface area (Å²) in [6, 6.07) is 15.2. The first kappa shape index (κ1) is 22.0. The van der Waals surface area contributed by atoms with Crippen LogP contribution in [0.3, 0.4) is 0 Å². The number of rotatable bonds is 4. The van der Waals surface area contributed by atoms with Gasteiger partial charge in [0.15, 0.2) is 0 Å². The molecule has 2 amide bonds. The number of amides is 2. The van der Waals surface area contributed by atoms with Crippen molar-refractivity contribution in [1.82, 2.24) is 4.90 Å². The van der Waals surface area contributed by atoms with Gasteiger partial charge in [-0.05, 0) is 61.6 Å². The van der Waals surface area contributed by atoms with Gasteiger partial charge in [0.1, 0.15) is 5.82 Å². The van der Waals surface area contributed by atoms with Crippen LogP contribution in [0.4, 0.5) is 10.1 Å². The molecule has 3 unspecified atom stereocenters. The summed E-state index contributed by atoms with van der Waals surface area (Å²) < 4.78 is 14.6. The van der Waals surface area contributed by atoms with E-state index >= 15 is 0 Å². The molecule has 2 aromatic carbocycles. The zero-order chi connectivity index (χ0) is 22.8. The summed E-state index contributed by atoms with van der Waals surface area (Å²) in [5.41, 5.74) is 2.73. The van der Waals surface area contributed by atoms with Crippen LogP contribution in [0.2, 0.25) is 0 Å². The number of carbonyl (C=O) groups is 2. The normalized spacial score (nSPS) is 22.5. The van der Waals surface area contributed by atoms with Gasteiger partial charge >= 0.3 is 0 Å². The molecule has 1 heterocycles. The van der Waals surface area contributed by atoms with Gasteiger partial charge in [0, 0.05) is 23.8 Å². The second-order valence-electron chi connectivity index (χ2n) is 8.66. The van der Waals surface area contributed by atoms with Gasteiger partial charge in [-0.2, -0.15) is 0 Å². The molecule has 1 aliphatic heterocycles. The van der Waals surface area contributed by atoms with Crippen LogP contribution in [0.1, 0.15) is 50.4 Å². The van der Waals surface area contributed by atoms with Crippen molar-refractivity contribution in [2.24, 2.45) is 5.92 Å². The number of nitrogens with zero attached hydrogens (tertiary/aromatic N) is 2. The Morgan fingerprint density at radius 2 is 1.75 bits per heavy atom. The van der Waals surface area contributed by atoms with E-state index < -0.39 is 5.82 Å². The zero-order valence-electron chi connectivity index (χ0n) is 18.8. The maximum atomic E-state index is 14.6. The van der Waals surface area contributed by atoms with Crippen LogP contribution in [0.15, 0.2) is 78.0 Å². The number of carbonyl (C=O) groups excluding carboxylic acids is 2. The van der Waals surface area contributed by atoms with Gasteiger partial charge in [-0.1, -0.05) is 50.3 Å². The molecule has 32 heavy (non-hydrogen) atoms. The van der Waals surface area contributed by atoms with Crippen LogP contribution in [0.5, 0.6) is 0 Å². The quantitative estimate of drug-likeness (QED) is 0.620. The maximum Gasteiger partial charge on any atom is 0.261 e. The standard InChI is InChI=1S/C27H29FN2O2/c1-4-26(31)29-19(3)17-25(22-16-18(2)14-15-24(22)29)30(20-10-6-5-7-11-20)27(32)21-12-8-9-13-23(21)28/h5-15,18-19,25H,4,16-17H2,1-3H3. The van der Waals surface area contributed by atoms with E-state index in [1.807, 2.05) is 55.2 Å². The van der Waals surface area contributed by atoms with E-state index in [1.54, 1.807) is 17.0 Å². The van der Waals surface area contributed by atoms with Crippen LogP contribution >= 0.6 is 0 Å². The highest BCUT2D eigenvalue weighted by atomic mass is 19.1. The molecule has 0 radical (unpaired) electrons. The summed E-state index contributed by atoms with van der Waals surface area (Å²) >= 11 is 0. The summed E-state index contributed by atoms with van der Waals surface area (Å²) in [5.74, 6) is -0.522. The number of hydrogen-bond donors (Lipinski definition) is 0. The van der Waals surface area contributed by atoms with Crippen molar-refractivity contribution in [1.29, 1.82) is 0 Å². The second kappa shape index (κ2) is 9.11. The minimum atomic E-state index is -0.531. The predicted octanol–water partition coefficient (Wildman–Crippen LogP) is 5.72. The van der Waals surface area contributed by atoms with Gasteiger partial charge in [0.25, 0.3) is 5.91 Å². The average molecular weight is 433 g/mol. The largest absolute Gasteiger partial charge is 0.310 e. The molecular weight excluding hydrogens is 403 g/mol. The Morgan fingerprint density at radius 3 is 2.44 bits per heavy atom. The van der Waals surface area contributed by atoms with Gasteiger partial charge in [-0.25, -0.2) is 4.39 Å². The molecule has 0 fully saturated rings.